The second-order valence-corrected chi connectivity index (χ2v) is 4.68. The molecule has 1 rings (SSSR count). The van der Waals surface area contributed by atoms with Gasteiger partial charge in [0.2, 0.25) is 0 Å². The fraction of sp³-hybridized carbons (Fsp3) is 0.429. The van der Waals surface area contributed by atoms with Crippen LogP contribution >= 0.6 is 0 Å². The Kier molecular flexibility index (Phi) is 5.37. The van der Waals surface area contributed by atoms with Crippen molar-refractivity contribution in [2.45, 2.75) is 19.9 Å². The van der Waals surface area contributed by atoms with Crippen molar-refractivity contribution >= 4 is 17.6 Å². The number of esters is 1. The molecule has 1 atom stereocenters. The molecule has 0 fully saturated rings. The van der Waals surface area contributed by atoms with Gasteiger partial charge in [-0.3, -0.25) is 4.79 Å². The molecular weight excluding hydrogens is 260 g/mol. The number of carbonyl (C=O) groups excluding carboxylic acids is 2. The summed E-state index contributed by atoms with van der Waals surface area (Å²) in [5.41, 5.74) is 6.44. The van der Waals surface area contributed by atoms with E-state index in [0.29, 0.717) is 17.0 Å². The van der Waals surface area contributed by atoms with E-state index < -0.39 is 17.9 Å². The molecule has 1 aromatic rings. The molecule has 0 bridgehead atoms. The van der Waals surface area contributed by atoms with Gasteiger partial charge in [-0.25, -0.2) is 4.79 Å². The van der Waals surface area contributed by atoms with Crippen molar-refractivity contribution in [3.63, 3.8) is 0 Å². The Balaban J connectivity index is 2.97. The van der Waals surface area contributed by atoms with Crippen LogP contribution in [0.25, 0.3) is 0 Å². The van der Waals surface area contributed by atoms with Crippen molar-refractivity contribution < 1.29 is 19.1 Å². The minimum absolute atomic E-state index is 0.0915. The monoisotopic (exact) mass is 280 g/mol. The number of anilines is 1. The van der Waals surface area contributed by atoms with Gasteiger partial charge in [0.05, 0.1) is 19.8 Å². The number of ether oxygens (including phenoxy) is 2. The number of amides is 1. The maximum absolute atomic E-state index is 12.2. The first-order valence-electron chi connectivity index (χ1n) is 6.23. The topological polar surface area (TPSA) is 90.7 Å². The normalized spacial score (nSPS) is 11.8. The summed E-state index contributed by atoms with van der Waals surface area (Å²) in [4.78, 5) is 23.9. The molecule has 0 saturated heterocycles. The Labute approximate surface area is 118 Å². The Morgan fingerprint density at radius 1 is 1.25 bits per heavy atom. The highest BCUT2D eigenvalue weighted by Gasteiger charge is 2.26. The number of rotatable bonds is 5. The van der Waals surface area contributed by atoms with E-state index in [9.17, 15) is 9.59 Å². The van der Waals surface area contributed by atoms with E-state index in [2.05, 4.69) is 10.1 Å². The maximum Gasteiger partial charge on any atom is 0.328 e. The zero-order valence-corrected chi connectivity index (χ0v) is 12.1. The van der Waals surface area contributed by atoms with E-state index in [1.54, 1.807) is 18.2 Å². The molecule has 6 nitrogen and oxygen atoms in total. The van der Waals surface area contributed by atoms with Crippen molar-refractivity contribution in [1.82, 2.24) is 5.32 Å². The molecule has 1 unspecified atom stereocenters. The molecule has 0 aliphatic heterocycles. The van der Waals surface area contributed by atoms with Crippen LogP contribution in [0.4, 0.5) is 5.69 Å². The number of nitrogen functional groups attached to an aromatic ring is 1. The second-order valence-electron chi connectivity index (χ2n) is 4.68. The first-order chi connectivity index (χ1) is 9.40. The SMILES string of the molecule is COC(=O)C(NC(=O)c1ccc(N)cc1OC)C(C)C. The van der Waals surface area contributed by atoms with Gasteiger partial charge in [0, 0.05) is 11.8 Å². The van der Waals surface area contributed by atoms with Crippen LogP contribution in [0.5, 0.6) is 5.75 Å². The van der Waals surface area contributed by atoms with Crippen molar-refractivity contribution in [1.29, 1.82) is 0 Å². The van der Waals surface area contributed by atoms with Gasteiger partial charge in [-0.15, -0.1) is 0 Å². The average molecular weight is 280 g/mol. The van der Waals surface area contributed by atoms with Crippen LogP contribution in [0, 0.1) is 5.92 Å². The molecule has 1 aromatic carbocycles. The van der Waals surface area contributed by atoms with Gasteiger partial charge in [0.1, 0.15) is 11.8 Å². The number of hydrogen-bond donors (Lipinski definition) is 2. The van der Waals surface area contributed by atoms with Crippen molar-refractivity contribution in [3.8, 4) is 5.75 Å². The summed E-state index contributed by atoms with van der Waals surface area (Å²) in [5.74, 6) is -0.630. The van der Waals surface area contributed by atoms with Gasteiger partial charge in [0.15, 0.2) is 0 Å². The number of nitrogens with one attached hydrogen (secondary N) is 1. The van der Waals surface area contributed by atoms with E-state index in [1.807, 2.05) is 13.8 Å². The third-order valence-corrected chi connectivity index (χ3v) is 2.88. The molecule has 20 heavy (non-hydrogen) atoms. The summed E-state index contributed by atoms with van der Waals surface area (Å²) in [6.45, 7) is 3.64. The number of hydrogen-bond acceptors (Lipinski definition) is 5. The fourth-order valence-electron chi connectivity index (χ4n) is 1.74. The van der Waals surface area contributed by atoms with Gasteiger partial charge in [-0.2, -0.15) is 0 Å². The van der Waals surface area contributed by atoms with Crippen molar-refractivity contribution in [2.24, 2.45) is 5.92 Å². The average Bonchev–Trinajstić information content (AvgIpc) is 2.42. The summed E-state index contributed by atoms with van der Waals surface area (Å²) < 4.78 is 9.80. The number of carbonyl (C=O) groups is 2. The summed E-state index contributed by atoms with van der Waals surface area (Å²) in [7, 11) is 2.74. The zero-order valence-electron chi connectivity index (χ0n) is 12.1. The lowest BCUT2D eigenvalue weighted by atomic mass is 10.0. The number of methoxy groups -OCH3 is 2. The summed E-state index contributed by atoms with van der Waals surface area (Å²) in [6, 6.07) is 3.99. The smallest absolute Gasteiger partial charge is 0.328 e. The van der Waals surface area contributed by atoms with Crippen LogP contribution < -0.4 is 15.8 Å². The number of benzene rings is 1. The molecule has 0 radical (unpaired) electrons. The van der Waals surface area contributed by atoms with Crippen molar-refractivity contribution in [2.75, 3.05) is 20.0 Å². The Bertz CT molecular complexity index is 500. The summed E-state index contributed by atoms with van der Waals surface area (Å²) >= 11 is 0. The van der Waals surface area contributed by atoms with Gasteiger partial charge in [0.25, 0.3) is 5.91 Å². The fourth-order valence-corrected chi connectivity index (χ4v) is 1.74. The lowest BCUT2D eigenvalue weighted by Gasteiger charge is -2.20. The van der Waals surface area contributed by atoms with Crippen LogP contribution in [0.3, 0.4) is 0 Å². The third-order valence-electron chi connectivity index (χ3n) is 2.88. The van der Waals surface area contributed by atoms with Crippen LogP contribution in [0.2, 0.25) is 0 Å². The lowest BCUT2D eigenvalue weighted by Crippen LogP contribution is -2.45. The predicted octanol–water partition coefficient (Wildman–Crippen LogP) is 1.20. The third kappa shape index (κ3) is 3.63. The molecule has 1 amide bonds. The standard InChI is InChI=1S/C14H20N2O4/c1-8(2)12(14(18)20-4)16-13(17)10-6-5-9(15)7-11(10)19-3/h5-8,12H,15H2,1-4H3,(H,16,17). The van der Waals surface area contributed by atoms with Crippen LogP contribution in [-0.4, -0.2) is 32.1 Å². The largest absolute Gasteiger partial charge is 0.496 e. The predicted molar refractivity (Wildman–Crippen MR) is 75.5 cm³/mol. The molecule has 0 heterocycles. The van der Waals surface area contributed by atoms with E-state index in [0.717, 1.165) is 0 Å². The maximum atomic E-state index is 12.2. The molecule has 0 aliphatic rings. The second kappa shape index (κ2) is 6.79. The highest BCUT2D eigenvalue weighted by atomic mass is 16.5. The minimum atomic E-state index is -0.713. The highest BCUT2D eigenvalue weighted by molar-refractivity contribution is 5.99. The summed E-state index contributed by atoms with van der Waals surface area (Å²) in [5, 5.41) is 2.64. The molecule has 3 N–H and O–H groups in total. The first-order valence-corrected chi connectivity index (χ1v) is 6.23. The quantitative estimate of drug-likeness (QED) is 0.625. The van der Waals surface area contributed by atoms with E-state index in [4.69, 9.17) is 10.5 Å². The Morgan fingerprint density at radius 3 is 2.40 bits per heavy atom. The van der Waals surface area contributed by atoms with E-state index >= 15 is 0 Å². The van der Waals surface area contributed by atoms with Gasteiger partial charge >= 0.3 is 5.97 Å². The number of nitrogens with two attached hydrogens (primary N) is 1. The lowest BCUT2D eigenvalue weighted by molar-refractivity contribution is -0.144. The van der Waals surface area contributed by atoms with E-state index in [1.165, 1.54) is 14.2 Å². The Morgan fingerprint density at radius 2 is 1.90 bits per heavy atom. The Hall–Kier alpha value is -2.24. The van der Waals surface area contributed by atoms with Crippen LogP contribution in [0.1, 0.15) is 24.2 Å². The zero-order chi connectivity index (χ0) is 15.3. The molecule has 0 aliphatic carbocycles. The van der Waals surface area contributed by atoms with Gasteiger partial charge in [-0.05, 0) is 18.1 Å². The molecule has 0 saturated carbocycles. The van der Waals surface area contributed by atoms with Gasteiger partial charge < -0.3 is 20.5 Å². The first kappa shape index (κ1) is 15.8. The van der Waals surface area contributed by atoms with Crippen molar-refractivity contribution in [3.05, 3.63) is 23.8 Å². The molecular formula is C14H20N2O4. The molecule has 0 aromatic heterocycles. The highest BCUT2D eigenvalue weighted by Crippen LogP contribution is 2.21. The van der Waals surface area contributed by atoms with E-state index in [-0.39, 0.29) is 5.92 Å². The minimum Gasteiger partial charge on any atom is -0.496 e. The van der Waals surface area contributed by atoms with Gasteiger partial charge in [-0.1, -0.05) is 13.8 Å². The molecule has 0 spiro atoms. The van der Waals surface area contributed by atoms with Crippen LogP contribution in [0.15, 0.2) is 18.2 Å². The molecule has 6 heteroatoms. The summed E-state index contributed by atoms with van der Waals surface area (Å²) in [6.07, 6.45) is 0. The molecule has 110 valence electrons. The van der Waals surface area contributed by atoms with Crippen LogP contribution in [-0.2, 0) is 9.53 Å².